The van der Waals surface area contributed by atoms with Gasteiger partial charge < -0.3 is 16.8 Å². The summed E-state index contributed by atoms with van der Waals surface area (Å²) >= 11 is 0. The minimum Gasteiger partial charge on any atom is -0.370 e. The lowest BCUT2D eigenvalue weighted by Crippen LogP contribution is -2.40. The first-order valence-corrected chi connectivity index (χ1v) is 6.32. The van der Waals surface area contributed by atoms with Crippen molar-refractivity contribution in [2.75, 3.05) is 0 Å². The Kier molecular flexibility index (Phi) is 5.41. The number of carbonyl (C=O) groups excluding carboxylic acids is 2. The third kappa shape index (κ3) is 5.17. The van der Waals surface area contributed by atoms with Crippen molar-refractivity contribution < 1.29 is 9.59 Å². The topological polar surface area (TPSA) is 98.2 Å². The molecule has 0 heterocycles. The Morgan fingerprint density at radius 3 is 2.59 bits per heavy atom. The molecular formula is C12H23N3O2. The third-order valence-corrected chi connectivity index (χ3v) is 3.33. The first kappa shape index (κ1) is 14.0. The number of nitrogens with two attached hydrogens (primary N) is 2. The van der Waals surface area contributed by atoms with Gasteiger partial charge in [-0.3, -0.25) is 9.59 Å². The zero-order valence-electron chi connectivity index (χ0n) is 10.4. The van der Waals surface area contributed by atoms with Gasteiger partial charge in [0.2, 0.25) is 11.8 Å². The van der Waals surface area contributed by atoms with Crippen LogP contribution in [0.5, 0.6) is 0 Å². The Balaban J connectivity index is 2.30. The summed E-state index contributed by atoms with van der Waals surface area (Å²) in [5.74, 6) is -0.141. The summed E-state index contributed by atoms with van der Waals surface area (Å²) in [4.78, 5) is 22.4. The molecule has 3 unspecified atom stereocenters. The summed E-state index contributed by atoms with van der Waals surface area (Å²) in [6.45, 7) is 1.78. The SMILES string of the molecule is CC(CC(N)=O)NC(=O)CC1CCCCC1N. The molecule has 0 saturated heterocycles. The fourth-order valence-electron chi connectivity index (χ4n) is 2.41. The Hall–Kier alpha value is -1.10. The number of carbonyl (C=O) groups is 2. The first-order chi connectivity index (χ1) is 7.99. The van der Waals surface area contributed by atoms with Crippen LogP contribution < -0.4 is 16.8 Å². The van der Waals surface area contributed by atoms with Gasteiger partial charge >= 0.3 is 0 Å². The molecular weight excluding hydrogens is 218 g/mol. The summed E-state index contributed by atoms with van der Waals surface area (Å²) in [5.41, 5.74) is 11.0. The predicted molar refractivity (Wildman–Crippen MR) is 66.0 cm³/mol. The van der Waals surface area contributed by atoms with E-state index in [0.717, 1.165) is 25.7 Å². The normalized spacial score (nSPS) is 26.2. The zero-order valence-corrected chi connectivity index (χ0v) is 10.4. The van der Waals surface area contributed by atoms with E-state index >= 15 is 0 Å². The summed E-state index contributed by atoms with van der Waals surface area (Å²) < 4.78 is 0. The smallest absolute Gasteiger partial charge is 0.220 e. The van der Waals surface area contributed by atoms with E-state index in [4.69, 9.17) is 11.5 Å². The molecule has 1 saturated carbocycles. The highest BCUT2D eigenvalue weighted by Crippen LogP contribution is 2.25. The van der Waals surface area contributed by atoms with Crippen molar-refractivity contribution >= 4 is 11.8 Å². The molecule has 17 heavy (non-hydrogen) atoms. The fraction of sp³-hybridized carbons (Fsp3) is 0.833. The summed E-state index contributed by atoms with van der Waals surface area (Å²) in [7, 11) is 0. The van der Waals surface area contributed by atoms with E-state index < -0.39 is 5.91 Å². The van der Waals surface area contributed by atoms with Crippen LogP contribution in [0.15, 0.2) is 0 Å². The highest BCUT2D eigenvalue weighted by atomic mass is 16.2. The number of nitrogens with one attached hydrogen (secondary N) is 1. The largest absolute Gasteiger partial charge is 0.370 e. The van der Waals surface area contributed by atoms with E-state index in [1.807, 2.05) is 0 Å². The van der Waals surface area contributed by atoms with E-state index in [0.29, 0.717) is 6.42 Å². The molecule has 1 aliphatic carbocycles. The standard InChI is InChI=1S/C12H23N3O2/c1-8(6-11(14)16)15-12(17)7-9-4-2-3-5-10(9)13/h8-10H,2-7,13H2,1H3,(H2,14,16)(H,15,17). The number of rotatable bonds is 5. The van der Waals surface area contributed by atoms with E-state index in [1.165, 1.54) is 0 Å². The van der Waals surface area contributed by atoms with Crippen molar-refractivity contribution in [2.45, 2.75) is 57.5 Å². The molecule has 2 amide bonds. The van der Waals surface area contributed by atoms with Crippen molar-refractivity contribution in [3.05, 3.63) is 0 Å². The van der Waals surface area contributed by atoms with Gasteiger partial charge in [-0.1, -0.05) is 12.8 Å². The molecule has 1 rings (SSSR count). The Bertz CT molecular complexity index is 281. The van der Waals surface area contributed by atoms with Gasteiger partial charge in [-0.15, -0.1) is 0 Å². The van der Waals surface area contributed by atoms with Gasteiger partial charge in [0.15, 0.2) is 0 Å². The summed E-state index contributed by atoms with van der Waals surface area (Å²) in [6.07, 6.45) is 5.00. The second-order valence-corrected chi connectivity index (χ2v) is 5.05. The molecule has 0 aromatic carbocycles. The van der Waals surface area contributed by atoms with E-state index in [9.17, 15) is 9.59 Å². The lowest BCUT2D eigenvalue weighted by atomic mass is 9.83. The van der Waals surface area contributed by atoms with Crippen LogP contribution in [-0.2, 0) is 9.59 Å². The highest BCUT2D eigenvalue weighted by Gasteiger charge is 2.24. The molecule has 0 bridgehead atoms. The summed E-state index contributed by atoms with van der Waals surface area (Å²) in [5, 5.41) is 2.78. The number of primary amides is 1. The Morgan fingerprint density at radius 1 is 1.35 bits per heavy atom. The van der Waals surface area contributed by atoms with Crippen LogP contribution in [0.25, 0.3) is 0 Å². The van der Waals surface area contributed by atoms with E-state index in [2.05, 4.69) is 5.32 Å². The lowest BCUT2D eigenvalue weighted by molar-refractivity contribution is -0.123. The molecule has 0 aliphatic heterocycles. The van der Waals surface area contributed by atoms with Crippen LogP contribution in [0.1, 0.15) is 45.4 Å². The Labute approximate surface area is 102 Å². The molecule has 1 fully saturated rings. The third-order valence-electron chi connectivity index (χ3n) is 3.33. The quantitative estimate of drug-likeness (QED) is 0.644. The Morgan fingerprint density at radius 2 is 2.00 bits per heavy atom. The summed E-state index contributed by atoms with van der Waals surface area (Å²) in [6, 6.07) is -0.0549. The van der Waals surface area contributed by atoms with Crippen LogP contribution in [0, 0.1) is 5.92 Å². The van der Waals surface area contributed by atoms with Crippen LogP contribution in [0.4, 0.5) is 0 Å². The highest BCUT2D eigenvalue weighted by molar-refractivity contribution is 5.78. The van der Waals surface area contributed by atoms with E-state index in [1.54, 1.807) is 6.92 Å². The number of amides is 2. The van der Waals surface area contributed by atoms with Crippen molar-refractivity contribution in [1.29, 1.82) is 0 Å². The molecule has 5 heteroatoms. The van der Waals surface area contributed by atoms with E-state index in [-0.39, 0.29) is 30.3 Å². The minimum absolute atomic E-state index is 0.0268. The molecule has 5 nitrogen and oxygen atoms in total. The van der Waals surface area contributed by atoms with Crippen LogP contribution in [0.2, 0.25) is 0 Å². The van der Waals surface area contributed by atoms with Gasteiger partial charge in [-0.2, -0.15) is 0 Å². The molecule has 0 aromatic rings. The molecule has 0 aromatic heterocycles. The maximum absolute atomic E-state index is 11.7. The number of hydrogen-bond acceptors (Lipinski definition) is 3. The van der Waals surface area contributed by atoms with Crippen molar-refractivity contribution in [3.63, 3.8) is 0 Å². The van der Waals surface area contributed by atoms with Crippen LogP contribution >= 0.6 is 0 Å². The van der Waals surface area contributed by atoms with Crippen molar-refractivity contribution in [2.24, 2.45) is 17.4 Å². The van der Waals surface area contributed by atoms with Crippen molar-refractivity contribution in [1.82, 2.24) is 5.32 Å². The first-order valence-electron chi connectivity index (χ1n) is 6.32. The molecule has 5 N–H and O–H groups in total. The molecule has 0 spiro atoms. The fourth-order valence-corrected chi connectivity index (χ4v) is 2.41. The van der Waals surface area contributed by atoms with Crippen LogP contribution in [-0.4, -0.2) is 23.9 Å². The van der Waals surface area contributed by atoms with Gasteiger partial charge in [0.1, 0.15) is 0 Å². The van der Waals surface area contributed by atoms with Gasteiger partial charge in [0.05, 0.1) is 0 Å². The lowest BCUT2D eigenvalue weighted by Gasteiger charge is -2.28. The molecule has 98 valence electrons. The van der Waals surface area contributed by atoms with Gasteiger partial charge in [0, 0.05) is 24.9 Å². The maximum Gasteiger partial charge on any atom is 0.220 e. The average molecular weight is 241 g/mol. The minimum atomic E-state index is -0.396. The van der Waals surface area contributed by atoms with Gasteiger partial charge in [0.25, 0.3) is 0 Å². The molecule has 1 aliphatic rings. The van der Waals surface area contributed by atoms with Crippen molar-refractivity contribution in [3.8, 4) is 0 Å². The molecule has 3 atom stereocenters. The second kappa shape index (κ2) is 6.59. The second-order valence-electron chi connectivity index (χ2n) is 5.05. The molecule has 0 radical (unpaired) electrons. The zero-order chi connectivity index (χ0) is 12.8. The monoisotopic (exact) mass is 241 g/mol. The maximum atomic E-state index is 11.7. The van der Waals surface area contributed by atoms with Gasteiger partial charge in [-0.25, -0.2) is 0 Å². The predicted octanol–water partition coefficient (Wildman–Crippen LogP) is 0.274. The van der Waals surface area contributed by atoms with Gasteiger partial charge in [-0.05, 0) is 25.7 Å². The van der Waals surface area contributed by atoms with Crippen LogP contribution in [0.3, 0.4) is 0 Å². The average Bonchev–Trinajstić information content (AvgIpc) is 2.19. The number of hydrogen-bond donors (Lipinski definition) is 3.